The van der Waals surface area contributed by atoms with Gasteiger partial charge in [-0.2, -0.15) is 0 Å². The zero-order chi connectivity index (χ0) is 14.8. The lowest BCUT2D eigenvalue weighted by atomic mass is 9.64. The van der Waals surface area contributed by atoms with Gasteiger partial charge >= 0.3 is 0 Å². The molecule has 110 valence electrons. The van der Waals surface area contributed by atoms with Crippen molar-refractivity contribution in [3.8, 4) is 0 Å². The van der Waals surface area contributed by atoms with Gasteiger partial charge in [0.05, 0.1) is 6.10 Å². The minimum absolute atomic E-state index is 0.196. The molecule has 2 aliphatic carbocycles. The maximum absolute atomic E-state index is 11.0. The van der Waals surface area contributed by atoms with Gasteiger partial charge in [0.1, 0.15) is 0 Å². The second-order valence-electron chi connectivity index (χ2n) is 7.82. The lowest BCUT2D eigenvalue weighted by molar-refractivity contribution is 0.0737. The molecule has 2 aliphatic rings. The lowest BCUT2D eigenvalue weighted by Crippen LogP contribution is -2.33. The van der Waals surface area contributed by atoms with Crippen LogP contribution in [0, 0.1) is 16.7 Å². The van der Waals surface area contributed by atoms with E-state index < -0.39 is 0 Å². The Balaban J connectivity index is 1.94. The average molecular weight is 280 g/mol. The molecule has 4 rings (SSSR count). The molecule has 0 aromatic heterocycles. The normalized spacial score (nSPS) is 37.2. The molecule has 0 amide bonds. The predicted molar refractivity (Wildman–Crippen MR) is 87.3 cm³/mol. The van der Waals surface area contributed by atoms with E-state index in [1.165, 1.54) is 29.2 Å². The summed E-state index contributed by atoms with van der Waals surface area (Å²) >= 11 is 0. The molecule has 0 saturated heterocycles. The molecule has 0 unspecified atom stereocenters. The largest absolute Gasteiger partial charge is 0.392 e. The Morgan fingerprint density at radius 1 is 1.00 bits per heavy atom. The monoisotopic (exact) mass is 280 g/mol. The van der Waals surface area contributed by atoms with Crippen molar-refractivity contribution in [2.45, 2.75) is 45.6 Å². The molecule has 2 saturated carbocycles. The molecule has 0 spiro atoms. The molecule has 2 bridgehead atoms. The first-order valence-electron chi connectivity index (χ1n) is 8.12. The molecule has 1 heteroatoms. The van der Waals surface area contributed by atoms with Crippen LogP contribution in [0.2, 0.25) is 0 Å². The summed E-state index contributed by atoms with van der Waals surface area (Å²) < 4.78 is 0. The Hall–Kier alpha value is -1.34. The SMILES string of the molecule is CC1(C)[C@H]2CC[C@]1(C)[C@@H](c1cccc3ccccc13)[C@@H]2O. The third-order valence-corrected chi connectivity index (χ3v) is 6.97. The second kappa shape index (κ2) is 4.10. The summed E-state index contributed by atoms with van der Waals surface area (Å²) in [6.45, 7) is 7.12. The highest BCUT2D eigenvalue weighted by atomic mass is 16.3. The van der Waals surface area contributed by atoms with Crippen LogP contribution in [-0.2, 0) is 0 Å². The summed E-state index contributed by atoms with van der Waals surface area (Å²) in [4.78, 5) is 0. The van der Waals surface area contributed by atoms with Crippen LogP contribution in [0.25, 0.3) is 10.8 Å². The molecule has 0 aliphatic heterocycles. The Morgan fingerprint density at radius 3 is 2.43 bits per heavy atom. The summed E-state index contributed by atoms with van der Waals surface area (Å²) in [6.07, 6.45) is 2.20. The van der Waals surface area contributed by atoms with Gasteiger partial charge in [-0.1, -0.05) is 63.2 Å². The van der Waals surface area contributed by atoms with E-state index in [9.17, 15) is 5.11 Å². The zero-order valence-electron chi connectivity index (χ0n) is 13.1. The highest BCUT2D eigenvalue weighted by molar-refractivity contribution is 5.86. The van der Waals surface area contributed by atoms with E-state index in [1.54, 1.807) is 0 Å². The number of rotatable bonds is 1. The van der Waals surface area contributed by atoms with Gasteiger partial charge in [0, 0.05) is 5.92 Å². The topological polar surface area (TPSA) is 20.2 Å². The van der Waals surface area contributed by atoms with E-state index in [0.29, 0.717) is 5.92 Å². The van der Waals surface area contributed by atoms with Crippen LogP contribution >= 0.6 is 0 Å². The van der Waals surface area contributed by atoms with Crippen molar-refractivity contribution < 1.29 is 5.11 Å². The van der Waals surface area contributed by atoms with Crippen molar-refractivity contribution in [3.63, 3.8) is 0 Å². The van der Waals surface area contributed by atoms with Crippen molar-refractivity contribution in [2.24, 2.45) is 16.7 Å². The summed E-state index contributed by atoms with van der Waals surface area (Å²) in [7, 11) is 0. The number of benzene rings is 2. The summed E-state index contributed by atoms with van der Waals surface area (Å²) in [5, 5.41) is 13.6. The number of aliphatic hydroxyl groups excluding tert-OH is 1. The third kappa shape index (κ3) is 1.51. The van der Waals surface area contributed by atoms with Crippen LogP contribution in [0.5, 0.6) is 0 Å². The minimum atomic E-state index is -0.204. The molecular formula is C20H24O. The van der Waals surface area contributed by atoms with Crippen LogP contribution < -0.4 is 0 Å². The Bertz CT molecular complexity index is 697. The Labute approximate surface area is 127 Å². The molecule has 1 nitrogen and oxygen atoms in total. The molecule has 21 heavy (non-hydrogen) atoms. The summed E-state index contributed by atoms with van der Waals surface area (Å²) in [5.41, 5.74) is 1.76. The summed E-state index contributed by atoms with van der Waals surface area (Å²) in [5.74, 6) is 0.698. The van der Waals surface area contributed by atoms with Gasteiger partial charge in [0.25, 0.3) is 0 Å². The third-order valence-electron chi connectivity index (χ3n) is 6.97. The van der Waals surface area contributed by atoms with E-state index in [-0.39, 0.29) is 22.9 Å². The van der Waals surface area contributed by atoms with Crippen LogP contribution in [-0.4, -0.2) is 11.2 Å². The van der Waals surface area contributed by atoms with Crippen LogP contribution in [0.15, 0.2) is 42.5 Å². The van der Waals surface area contributed by atoms with Crippen molar-refractivity contribution in [3.05, 3.63) is 48.0 Å². The first-order chi connectivity index (χ1) is 9.97. The molecule has 0 radical (unpaired) electrons. The van der Waals surface area contributed by atoms with Gasteiger partial charge in [0.15, 0.2) is 0 Å². The van der Waals surface area contributed by atoms with Crippen LogP contribution in [0.1, 0.15) is 45.1 Å². The first kappa shape index (κ1) is 13.3. The Morgan fingerprint density at radius 2 is 1.71 bits per heavy atom. The molecule has 1 N–H and O–H groups in total. The van der Waals surface area contributed by atoms with Crippen molar-refractivity contribution in [1.29, 1.82) is 0 Å². The standard InChI is InChI=1S/C20H24O/c1-19(2)16-11-12-20(19,3)17(18(16)21)15-10-6-8-13-7-4-5-9-14(13)15/h4-10,16-18,21H,11-12H2,1-3H3/t16-,17-,18+,20+/m0/s1. The fourth-order valence-corrected chi connectivity index (χ4v) is 5.37. The molecular weight excluding hydrogens is 256 g/mol. The quantitative estimate of drug-likeness (QED) is 0.800. The van der Waals surface area contributed by atoms with Gasteiger partial charge in [0.2, 0.25) is 0 Å². The van der Waals surface area contributed by atoms with E-state index in [4.69, 9.17) is 0 Å². The summed E-state index contributed by atoms with van der Waals surface area (Å²) in [6, 6.07) is 15.1. The Kier molecular flexibility index (Phi) is 2.60. The van der Waals surface area contributed by atoms with Crippen LogP contribution in [0.3, 0.4) is 0 Å². The molecule has 2 fully saturated rings. The molecule has 4 atom stereocenters. The van der Waals surface area contributed by atoms with E-state index in [0.717, 1.165) is 0 Å². The lowest BCUT2D eigenvalue weighted by Gasteiger charge is -2.40. The van der Waals surface area contributed by atoms with E-state index in [2.05, 4.69) is 63.2 Å². The van der Waals surface area contributed by atoms with Gasteiger partial charge < -0.3 is 5.11 Å². The van der Waals surface area contributed by atoms with E-state index >= 15 is 0 Å². The fourth-order valence-electron chi connectivity index (χ4n) is 5.37. The van der Waals surface area contributed by atoms with Crippen molar-refractivity contribution >= 4 is 10.8 Å². The van der Waals surface area contributed by atoms with E-state index in [1.807, 2.05) is 0 Å². The first-order valence-corrected chi connectivity index (χ1v) is 8.12. The van der Waals surface area contributed by atoms with Gasteiger partial charge in [-0.3, -0.25) is 0 Å². The highest BCUT2D eigenvalue weighted by Crippen LogP contribution is 2.71. The minimum Gasteiger partial charge on any atom is -0.392 e. The zero-order valence-corrected chi connectivity index (χ0v) is 13.1. The number of hydrogen-bond donors (Lipinski definition) is 1. The van der Waals surface area contributed by atoms with Crippen molar-refractivity contribution in [1.82, 2.24) is 0 Å². The smallest absolute Gasteiger partial charge is 0.0647 e. The van der Waals surface area contributed by atoms with Crippen molar-refractivity contribution in [2.75, 3.05) is 0 Å². The molecule has 0 heterocycles. The maximum atomic E-state index is 11.0. The molecule has 2 aromatic rings. The number of aliphatic hydroxyl groups is 1. The second-order valence-corrected chi connectivity index (χ2v) is 7.82. The average Bonchev–Trinajstić information content (AvgIpc) is 2.77. The number of fused-ring (bicyclic) bond motifs is 3. The number of hydrogen-bond acceptors (Lipinski definition) is 1. The highest BCUT2D eigenvalue weighted by Gasteiger charge is 2.66. The van der Waals surface area contributed by atoms with Crippen LogP contribution in [0.4, 0.5) is 0 Å². The predicted octanol–water partition coefficient (Wildman–Crippen LogP) is 4.74. The van der Waals surface area contributed by atoms with Gasteiger partial charge in [-0.15, -0.1) is 0 Å². The molecule has 2 aromatic carbocycles. The fraction of sp³-hybridized carbons (Fsp3) is 0.500. The van der Waals surface area contributed by atoms with Gasteiger partial charge in [-0.25, -0.2) is 0 Å². The van der Waals surface area contributed by atoms with Gasteiger partial charge in [-0.05, 0) is 45.9 Å². The maximum Gasteiger partial charge on any atom is 0.0647 e.